The lowest BCUT2D eigenvalue weighted by atomic mass is 10.1. The van der Waals surface area contributed by atoms with Gasteiger partial charge in [0.1, 0.15) is 0 Å². The van der Waals surface area contributed by atoms with Crippen LogP contribution in [0.5, 0.6) is 0 Å². The molecule has 2 aromatic carbocycles. The SMILES string of the molecule is CCc1ccc(CN(C)CC(=O)Nc2cccc(S(=O)(=O)N3CCCCC3)c2)cc1. The number of aryl methyl sites for hydroxylation is 1. The molecule has 7 heteroatoms. The Balaban J connectivity index is 1.59. The van der Waals surface area contributed by atoms with Gasteiger partial charge in [0.2, 0.25) is 15.9 Å². The van der Waals surface area contributed by atoms with Crippen LogP contribution in [0.4, 0.5) is 5.69 Å². The van der Waals surface area contributed by atoms with Crippen LogP contribution >= 0.6 is 0 Å². The zero-order valence-electron chi connectivity index (χ0n) is 17.8. The van der Waals surface area contributed by atoms with Crippen molar-refractivity contribution in [3.8, 4) is 0 Å². The molecule has 0 aromatic heterocycles. The van der Waals surface area contributed by atoms with Gasteiger partial charge in [-0.3, -0.25) is 9.69 Å². The zero-order valence-corrected chi connectivity index (χ0v) is 18.6. The number of nitrogens with zero attached hydrogens (tertiary/aromatic N) is 2. The van der Waals surface area contributed by atoms with Gasteiger partial charge in [-0.05, 0) is 55.6 Å². The van der Waals surface area contributed by atoms with Gasteiger partial charge in [0, 0.05) is 25.3 Å². The van der Waals surface area contributed by atoms with Crippen molar-refractivity contribution < 1.29 is 13.2 Å². The number of anilines is 1. The van der Waals surface area contributed by atoms with E-state index in [4.69, 9.17) is 0 Å². The van der Waals surface area contributed by atoms with Crippen molar-refractivity contribution in [3.05, 3.63) is 59.7 Å². The fourth-order valence-electron chi connectivity index (χ4n) is 3.68. The summed E-state index contributed by atoms with van der Waals surface area (Å²) in [6.07, 6.45) is 3.86. The molecule has 1 fully saturated rings. The maximum atomic E-state index is 12.9. The first-order chi connectivity index (χ1) is 14.4. The second-order valence-electron chi connectivity index (χ2n) is 7.88. The maximum Gasteiger partial charge on any atom is 0.243 e. The third kappa shape index (κ3) is 5.90. The second kappa shape index (κ2) is 10.2. The van der Waals surface area contributed by atoms with Crippen molar-refractivity contribution in [2.24, 2.45) is 0 Å². The number of benzene rings is 2. The molecule has 0 saturated carbocycles. The maximum absolute atomic E-state index is 12.9. The molecule has 1 N–H and O–H groups in total. The van der Waals surface area contributed by atoms with E-state index in [0.717, 1.165) is 31.2 Å². The minimum atomic E-state index is -3.52. The van der Waals surface area contributed by atoms with E-state index in [1.165, 1.54) is 9.87 Å². The Labute approximate surface area is 179 Å². The molecule has 1 aliphatic heterocycles. The van der Waals surface area contributed by atoms with Crippen LogP contribution < -0.4 is 5.32 Å². The number of carbonyl (C=O) groups excluding carboxylic acids is 1. The molecule has 3 rings (SSSR count). The zero-order chi connectivity index (χ0) is 21.6. The number of nitrogens with one attached hydrogen (secondary N) is 1. The molecule has 1 saturated heterocycles. The van der Waals surface area contributed by atoms with Gasteiger partial charge in [-0.2, -0.15) is 4.31 Å². The lowest BCUT2D eigenvalue weighted by molar-refractivity contribution is -0.117. The van der Waals surface area contributed by atoms with Crippen molar-refractivity contribution in [1.82, 2.24) is 9.21 Å². The molecule has 0 bridgehead atoms. The number of piperidine rings is 1. The summed E-state index contributed by atoms with van der Waals surface area (Å²) >= 11 is 0. The molecule has 1 aliphatic rings. The summed E-state index contributed by atoms with van der Waals surface area (Å²) in [6, 6.07) is 14.9. The number of rotatable bonds is 8. The number of likely N-dealkylation sites (N-methyl/N-ethyl adjacent to an activating group) is 1. The molecule has 0 atom stereocenters. The molecule has 0 aliphatic carbocycles. The first kappa shape index (κ1) is 22.5. The summed E-state index contributed by atoms with van der Waals surface area (Å²) < 4.78 is 27.3. The molecule has 162 valence electrons. The summed E-state index contributed by atoms with van der Waals surface area (Å²) in [5.74, 6) is -0.171. The van der Waals surface area contributed by atoms with Crippen LogP contribution in [-0.2, 0) is 27.8 Å². The summed E-state index contributed by atoms with van der Waals surface area (Å²) in [7, 11) is -1.62. The van der Waals surface area contributed by atoms with Gasteiger partial charge in [-0.1, -0.05) is 43.7 Å². The Morgan fingerprint density at radius 1 is 1.03 bits per heavy atom. The summed E-state index contributed by atoms with van der Waals surface area (Å²) in [4.78, 5) is 14.6. The van der Waals surface area contributed by atoms with Gasteiger partial charge in [0.15, 0.2) is 0 Å². The Hall–Kier alpha value is -2.22. The monoisotopic (exact) mass is 429 g/mol. The molecule has 0 radical (unpaired) electrons. The highest BCUT2D eigenvalue weighted by Crippen LogP contribution is 2.23. The number of carbonyl (C=O) groups is 1. The minimum absolute atomic E-state index is 0.171. The van der Waals surface area contributed by atoms with Crippen molar-refractivity contribution in [2.45, 2.75) is 44.0 Å². The topological polar surface area (TPSA) is 69.7 Å². The highest BCUT2D eigenvalue weighted by Gasteiger charge is 2.26. The Morgan fingerprint density at radius 3 is 2.37 bits per heavy atom. The average Bonchev–Trinajstić information content (AvgIpc) is 2.75. The van der Waals surface area contributed by atoms with E-state index in [2.05, 4.69) is 36.5 Å². The van der Waals surface area contributed by atoms with E-state index in [-0.39, 0.29) is 17.3 Å². The van der Waals surface area contributed by atoms with Crippen LogP contribution in [0.15, 0.2) is 53.4 Å². The molecule has 0 spiro atoms. The van der Waals surface area contributed by atoms with Gasteiger partial charge in [-0.15, -0.1) is 0 Å². The van der Waals surface area contributed by atoms with Gasteiger partial charge < -0.3 is 5.32 Å². The summed E-state index contributed by atoms with van der Waals surface area (Å²) in [6.45, 7) is 4.13. The quantitative estimate of drug-likeness (QED) is 0.697. The van der Waals surface area contributed by atoms with E-state index in [0.29, 0.717) is 25.3 Å². The molecule has 2 aromatic rings. The lowest BCUT2D eigenvalue weighted by Crippen LogP contribution is -2.35. The van der Waals surface area contributed by atoms with Crippen molar-refractivity contribution in [1.29, 1.82) is 0 Å². The van der Waals surface area contributed by atoms with Crippen LogP contribution in [-0.4, -0.2) is 50.2 Å². The van der Waals surface area contributed by atoms with E-state index >= 15 is 0 Å². The number of sulfonamides is 1. The molecular formula is C23H31N3O3S. The number of hydrogen-bond acceptors (Lipinski definition) is 4. The molecule has 0 unspecified atom stereocenters. The van der Waals surface area contributed by atoms with Crippen LogP contribution in [0.1, 0.15) is 37.3 Å². The third-order valence-corrected chi connectivity index (χ3v) is 7.26. The average molecular weight is 430 g/mol. The fourth-order valence-corrected chi connectivity index (χ4v) is 5.25. The van der Waals surface area contributed by atoms with E-state index in [1.54, 1.807) is 24.3 Å². The van der Waals surface area contributed by atoms with E-state index in [9.17, 15) is 13.2 Å². The van der Waals surface area contributed by atoms with Crippen molar-refractivity contribution in [2.75, 3.05) is 32.0 Å². The highest BCUT2D eigenvalue weighted by atomic mass is 32.2. The second-order valence-corrected chi connectivity index (χ2v) is 9.82. The Bertz CT molecular complexity index is 952. The van der Waals surface area contributed by atoms with Gasteiger partial charge in [0.25, 0.3) is 0 Å². The first-order valence-corrected chi connectivity index (χ1v) is 12.0. The minimum Gasteiger partial charge on any atom is -0.325 e. The molecule has 30 heavy (non-hydrogen) atoms. The molecular weight excluding hydrogens is 398 g/mol. The largest absolute Gasteiger partial charge is 0.325 e. The predicted molar refractivity (Wildman–Crippen MR) is 120 cm³/mol. The summed E-state index contributed by atoms with van der Waals surface area (Å²) in [5.41, 5.74) is 2.94. The molecule has 1 heterocycles. The molecule has 6 nitrogen and oxygen atoms in total. The Kier molecular flexibility index (Phi) is 7.64. The Morgan fingerprint density at radius 2 is 1.70 bits per heavy atom. The highest BCUT2D eigenvalue weighted by molar-refractivity contribution is 7.89. The third-order valence-electron chi connectivity index (χ3n) is 5.37. The van der Waals surface area contributed by atoms with Crippen LogP contribution in [0.3, 0.4) is 0 Å². The van der Waals surface area contributed by atoms with Gasteiger partial charge >= 0.3 is 0 Å². The normalized spacial score (nSPS) is 15.3. The van der Waals surface area contributed by atoms with Crippen LogP contribution in [0, 0.1) is 0 Å². The number of hydrogen-bond donors (Lipinski definition) is 1. The van der Waals surface area contributed by atoms with E-state index < -0.39 is 10.0 Å². The fraction of sp³-hybridized carbons (Fsp3) is 0.435. The van der Waals surface area contributed by atoms with Crippen LogP contribution in [0.25, 0.3) is 0 Å². The van der Waals surface area contributed by atoms with Crippen molar-refractivity contribution >= 4 is 21.6 Å². The smallest absolute Gasteiger partial charge is 0.243 e. The van der Waals surface area contributed by atoms with E-state index in [1.807, 2.05) is 11.9 Å². The van der Waals surface area contributed by atoms with Crippen LogP contribution in [0.2, 0.25) is 0 Å². The lowest BCUT2D eigenvalue weighted by Gasteiger charge is -2.26. The first-order valence-electron chi connectivity index (χ1n) is 10.5. The molecule has 1 amide bonds. The van der Waals surface area contributed by atoms with Gasteiger partial charge in [0.05, 0.1) is 11.4 Å². The predicted octanol–water partition coefficient (Wildman–Crippen LogP) is 3.49. The number of amides is 1. The summed E-state index contributed by atoms with van der Waals surface area (Å²) in [5, 5.41) is 2.83. The van der Waals surface area contributed by atoms with Crippen molar-refractivity contribution in [3.63, 3.8) is 0 Å². The van der Waals surface area contributed by atoms with Gasteiger partial charge in [-0.25, -0.2) is 8.42 Å². The standard InChI is InChI=1S/C23H31N3O3S/c1-3-19-10-12-20(13-11-19)17-25(2)18-23(27)24-21-8-7-9-22(16-21)30(28,29)26-14-5-4-6-15-26/h7-13,16H,3-6,14-15,17-18H2,1-2H3,(H,24,27).